The summed E-state index contributed by atoms with van der Waals surface area (Å²) in [5.41, 5.74) is 5.93. The van der Waals surface area contributed by atoms with Crippen LogP contribution in [0.15, 0.2) is 98.1 Å². The van der Waals surface area contributed by atoms with Crippen molar-refractivity contribution in [3.05, 3.63) is 143 Å². The summed E-state index contributed by atoms with van der Waals surface area (Å²) in [6.07, 6.45) is 16.8. The third kappa shape index (κ3) is 8.13. The van der Waals surface area contributed by atoms with E-state index in [1.807, 2.05) is 0 Å². The minimum Gasteiger partial charge on any atom is -0.478 e. The molecule has 0 radical (unpaired) electrons. The van der Waals surface area contributed by atoms with Crippen LogP contribution >= 0.6 is 0 Å². The van der Waals surface area contributed by atoms with Crippen molar-refractivity contribution >= 4 is 35.0 Å². The summed E-state index contributed by atoms with van der Waals surface area (Å²) in [7, 11) is 1.32. The summed E-state index contributed by atoms with van der Waals surface area (Å²) in [6.45, 7) is 3.56. The molecule has 318 valence electrons. The van der Waals surface area contributed by atoms with Gasteiger partial charge in [-0.25, -0.2) is 37.7 Å². The first-order chi connectivity index (χ1) is 30.3. The second-order valence-corrected chi connectivity index (χ2v) is 15.5. The smallest absolute Gasteiger partial charge is 0.339 e. The van der Waals surface area contributed by atoms with Crippen molar-refractivity contribution in [2.75, 3.05) is 7.11 Å². The van der Waals surface area contributed by atoms with Gasteiger partial charge in [-0.15, -0.1) is 0 Å². The average Bonchev–Trinajstić information content (AvgIpc) is 3.98. The van der Waals surface area contributed by atoms with Crippen molar-refractivity contribution in [3.8, 4) is 33.9 Å². The predicted molar refractivity (Wildman–Crippen MR) is 224 cm³/mol. The fourth-order valence-corrected chi connectivity index (χ4v) is 7.11. The number of rotatable bonds is 10. The molecule has 0 atom stereocenters. The summed E-state index contributed by atoms with van der Waals surface area (Å²) < 4.78 is 40.2. The summed E-state index contributed by atoms with van der Waals surface area (Å²) >= 11 is 0. The van der Waals surface area contributed by atoms with Crippen molar-refractivity contribution in [3.63, 3.8) is 0 Å². The van der Waals surface area contributed by atoms with E-state index < -0.39 is 35.4 Å². The first kappa shape index (κ1) is 40.4. The molecule has 8 aromatic rings. The molecule has 0 saturated heterocycles. The molecular formula is C45H38F2N10O6. The van der Waals surface area contributed by atoms with Gasteiger partial charge in [-0.05, 0) is 110 Å². The molecule has 3 N–H and O–H groups in total. The maximum Gasteiger partial charge on any atom is 0.339 e. The molecule has 18 heteroatoms. The van der Waals surface area contributed by atoms with Crippen molar-refractivity contribution in [2.24, 2.45) is 0 Å². The Labute approximate surface area is 356 Å². The van der Waals surface area contributed by atoms with E-state index in [1.165, 1.54) is 31.5 Å². The SMILES string of the molecule is COC(=O)c1ccc2ncc(-n3cc(-c4cc(C(=O)NC5CC5)c(F)cc4C)cn3)n2c1.Cc1cc(F)c(C(=O)NC2CC2)cc1-c1cnn(-c2cnc3ccc(C(=O)O)cn23)c1. The molecule has 0 aliphatic heterocycles. The van der Waals surface area contributed by atoms with E-state index in [-0.39, 0.29) is 28.8 Å². The van der Waals surface area contributed by atoms with Crippen LogP contribution in [0.2, 0.25) is 0 Å². The molecule has 16 nitrogen and oxygen atoms in total. The van der Waals surface area contributed by atoms with E-state index in [0.717, 1.165) is 31.2 Å². The Morgan fingerprint density at radius 1 is 0.651 bits per heavy atom. The van der Waals surface area contributed by atoms with Crippen LogP contribution in [-0.2, 0) is 4.74 Å². The van der Waals surface area contributed by atoms with Crippen LogP contribution in [0.5, 0.6) is 0 Å². The maximum atomic E-state index is 14.5. The van der Waals surface area contributed by atoms with Crippen molar-refractivity contribution in [2.45, 2.75) is 51.6 Å². The molecule has 2 aromatic carbocycles. The lowest BCUT2D eigenvalue weighted by atomic mass is 9.99. The van der Waals surface area contributed by atoms with Crippen LogP contribution in [0.25, 0.3) is 45.2 Å². The molecule has 10 rings (SSSR count). The Bertz CT molecular complexity index is 3140. The highest BCUT2D eigenvalue weighted by Gasteiger charge is 2.27. The number of aromatic nitrogens is 8. The fourth-order valence-electron chi connectivity index (χ4n) is 7.11. The fraction of sp³-hybridized carbons (Fsp3) is 0.200. The van der Waals surface area contributed by atoms with Crippen LogP contribution in [0.1, 0.15) is 78.2 Å². The first-order valence-electron chi connectivity index (χ1n) is 19.9. The molecule has 2 saturated carbocycles. The Hall–Kier alpha value is -8.02. The Morgan fingerprint density at radius 2 is 1.10 bits per heavy atom. The van der Waals surface area contributed by atoms with Gasteiger partial charge in [-0.3, -0.25) is 18.4 Å². The second kappa shape index (κ2) is 16.1. The topological polar surface area (TPSA) is 192 Å². The number of benzene rings is 2. The second-order valence-electron chi connectivity index (χ2n) is 15.5. The number of aryl methyl sites for hydroxylation is 2. The van der Waals surface area contributed by atoms with Crippen molar-refractivity contribution in [1.82, 2.24) is 49.0 Å². The Balaban J connectivity index is 0.000000160. The quantitative estimate of drug-likeness (QED) is 0.127. The monoisotopic (exact) mass is 852 g/mol. The highest BCUT2D eigenvalue weighted by Crippen LogP contribution is 2.30. The van der Waals surface area contributed by atoms with Crippen molar-refractivity contribution in [1.29, 1.82) is 0 Å². The summed E-state index contributed by atoms with van der Waals surface area (Å²) in [4.78, 5) is 56.7. The Kier molecular flexibility index (Phi) is 10.3. The van der Waals surface area contributed by atoms with E-state index in [1.54, 1.807) is 106 Å². The molecule has 2 aliphatic rings. The minimum absolute atomic E-state index is 0.00107. The normalized spacial score (nSPS) is 13.4. The lowest BCUT2D eigenvalue weighted by Crippen LogP contribution is -2.26. The molecule has 6 aromatic heterocycles. The number of aromatic carboxylic acids is 1. The van der Waals surface area contributed by atoms with Gasteiger partial charge in [0.15, 0.2) is 11.6 Å². The number of nitrogens with one attached hydrogen (secondary N) is 2. The molecule has 0 unspecified atom stereocenters. The third-order valence-corrected chi connectivity index (χ3v) is 10.8. The van der Waals surface area contributed by atoms with Crippen LogP contribution in [0.4, 0.5) is 8.78 Å². The lowest BCUT2D eigenvalue weighted by molar-refractivity contribution is 0.0599. The van der Waals surface area contributed by atoms with E-state index >= 15 is 0 Å². The number of fused-ring (bicyclic) bond motifs is 2. The number of ether oxygens (including phenoxy) is 1. The third-order valence-electron chi connectivity index (χ3n) is 10.8. The first-order valence-corrected chi connectivity index (χ1v) is 19.9. The number of halogens is 2. The summed E-state index contributed by atoms with van der Waals surface area (Å²) in [5, 5.41) is 23.7. The molecular weight excluding hydrogens is 815 g/mol. The van der Waals surface area contributed by atoms with Gasteiger partial charge < -0.3 is 20.5 Å². The zero-order valence-electron chi connectivity index (χ0n) is 34.0. The van der Waals surface area contributed by atoms with Gasteiger partial charge in [-0.2, -0.15) is 10.2 Å². The largest absolute Gasteiger partial charge is 0.478 e. The zero-order valence-corrected chi connectivity index (χ0v) is 34.0. The number of hydrogen-bond donors (Lipinski definition) is 3. The molecule has 2 aliphatic carbocycles. The number of carboxylic acid groups (broad SMARTS) is 1. The van der Waals surface area contributed by atoms with Crippen LogP contribution in [0.3, 0.4) is 0 Å². The lowest BCUT2D eigenvalue weighted by Gasteiger charge is -2.09. The molecule has 2 amide bonds. The number of methoxy groups -OCH3 is 1. The minimum atomic E-state index is -1.04. The van der Waals surface area contributed by atoms with E-state index in [0.29, 0.717) is 56.3 Å². The van der Waals surface area contributed by atoms with Crippen LogP contribution < -0.4 is 10.6 Å². The van der Waals surface area contributed by atoms with E-state index in [9.17, 15) is 33.1 Å². The number of nitrogens with zero attached hydrogens (tertiary/aromatic N) is 8. The molecule has 6 heterocycles. The Morgan fingerprint density at radius 3 is 1.52 bits per heavy atom. The molecule has 0 bridgehead atoms. The summed E-state index contributed by atoms with van der Waals surface area (Å²) in [6, 6.07) is 12.6. The number of carbonyl (C=O) groups is 4. The van der Waals surface area contributed by atoms with Gasteiger partial charge in [0, 0.05) is 48.0 Å². The number of pyridine rings is 2. The van der Waals surface area contributed by atoms with Gasteiger partial charge in [0.2, 0.25) is 0 Å². The van der Waals surface area contributed by atoms with Gasteiger partial charge in [-0.1, -0.05) is 0 Å². The van der Waals surface area contributed by atoms with Gasteiger partial charge in [0.1, 0.15) is 22.9 Å². The van der Waals surface area contributed by atoms with E-state index in [2.05, 4.69) is 30.8 Å². The average molecular weight is 853 g/mol. The van der Waals surface area contributed by atoms with Crippen molar-refractivity contribution < 1.29 is 37.8 Å². The van der Waals surface area contributed by atoms with Gasteiger partial charge in [0.25, 0.3) is 11.8 Å². The van der Waals surface area contributed by atoms with Gasteiger partial charge in [0.05, 0.1) is 54.2 Å². The predicted octanol–water partition coefficient (Wildman–Crippen LogP) is 6.54. The number of carbonyl (C=O) groups excluding carboxylic acids is 3. The standard InChI is InChI=1S/C23H20FN5O3.C22H18FN5O3/c1-13-7-19(24)18(22(30)27-16-4-5-16)8-17(13)15-9-26-29(12-15)21-10-25-20-6-3-14(11-28(20)21)23(31)32-2;1-12-6-18(23)17(21(29)26-15-3-4-15)7-16(12)14-8-25-28(11-14)20-9-24-19-5-2-13(22(30)31)10-27(19)20/h3,6-12,16H,4-5H2,1-2H3,(H,27,30);2,5-11,15H,3-4H2,1H3,(H,26,29)(H,30,31). The van der Waals surface area contributed by atoms with Crippen LogP contribution in [0, 0.1) is 25.5 Å². The summed E-state index contributed by atoms with van der Waals surface area (Å²) in [5.74, 6) is -2.26. The maximum absolute atomic E-state index is 14.5. The van der Waals surface area contributed by atoms with Gasteiger partial charge >= 0.3 is 11.9 Å². The number of esters is 1. The molecule has 0 spiro atoms. The van der Waals surface area contributed by atoms with Crippen LogP contribution in [-0.4, -0.2) is 86.4 Å². The molecule has 2 fully saturated rings. The zero-order chi connectivity index (χ0) is 44.1. The highest BCUT2D eigenvalue weighted by atomic mass is 19.1. The highest BCUT2D eigenvalue weighted by molar-refractivity contribution is 5.97. The number of amides is 2. The number of carboxylic acids is 1. The molecule has 63 heavy (non-hydrogen) atoms. The number of hydrogen-bond acceptors (Lipinski definition) is 9. The van der Waals surface area contributed by atoms with E-state index in [4.69, 9.17) is 4.74 Å². The number of imidazole rings is 2.